The quantitative estimate of drug-likeness (QED) is 0.872. The van der Waals surface area contributed by atoms with Gasteiger partial charge in [0.05, 0.1) is 19.4 Å². The number of rotatable bonds is 4. The Morgan fingerprint density at radius 3 is 2.74 bits per heavy atom. The first kappa shape index (κ1) is 14.1. The Balaban J connectivity index is 2.38. The number of anilines is 1. The van der Waals surface area contributed by atoms with Crippen molar-refractivity contribution in [1.29, 1.82) is 0 Å². The fraction of sp³-hybridized carbons (Fsp3) is 0.500. The molecule has 7 heteroatoms. The standard InChI is InChI=1S/C12H18N2O4S/c1-18-12-6-3-2-5-11(12)14-8-4-7-13(9-10-15)19(14,16)17/h2-3,5-6,15H,4,7-10H2,1H3. The SMILES string of the molecule is COc1ccccc1N1CCCN(CCO)S1(=O)=O. The van der Waals surface area contributed by atoms with Crippen LogP contribution in [0.4, 0.5) is 5.69 Å². The van der Waals surface area contributed by atoms with Crippen LogP contribution in [0.25, 0.3) is 0 Å². The summed E-state index contributed by atoms with van der Waals surface area (Å²) < 4.78 is 32.8. The molecule has 1 aromatic carbocycles. The summed E-state index contributed by atoms with van der Waals surface area (Å²) in [6, 6.07) is 7.03. The van der Waals surface area contributed by atoms with E-state index in [4.69, 9.17) is 9.84 Å². The molecule has 0 radical (unpaired) electrons. The Morgan fingerprint density at radius 1 is 1.32 bits per heavy atom. The largest absolute Gasteiger partial charge is 0.495 e. The Labute approximate surface area is 113 Å². The number of methoxy groups -OCH3 is 1. The first-order chi connectivity index (χ1) is 9.11. The third-order valence-corrected chi connectivity index (χ3v) is 5.03. The third kappa shape index (κ3) is 2.68. The van der Waals surface area contributed by atoms with Crippen LogP contribution in [0, 0.1) is 0 Å². The fourth-order valence-electron chi connectivity index (χ4n) is 2.18. The van der Waals surface area contributed by atoms with E-state index in [0.717, 1.165) is 6.42 Å². The van der Waals surface area contributed by atoms with Gasteiger partial charge in [-0.3, -0.25) is 4.31 Å². The van der Waals surface area contributed by atoms with Crippen molar-refractivity contribution in [3.05, 3.63) is 24.3 Å². The lowest BCUT2D eigenvalue weighted by Crippen LogP contribution is -2.50. The number of aliphatic hydroxyl groups is 1. The molecule has 0 aromatic heterocycles. The van der Waals surface area contributed by atoms with Crippen LogP contribution in [0.3, 0.4) is 0 Å². The third-order valence-electron chi connectivity index (χ3n) is 3.08. The van der Waals surface area contributed by atoms with Crippen LogP contribution in [-0.4, -0.2) is 51.2 Å². The van der Waals surface area contributed by atoms with Crippen molar-refractivity contribution in [3.8, 4) is 5.75 Å². The molecule has 0 aliphatic carbocycles. The maximum absolute atomic E-state index is 12.5. The second kappa shape index (κ2) is 5.77. The predicted molar refractivity (Wildman–Crippen MR) is 72.5 cm³/mol. The second-order valence-corrected chi connectivity index (χ2v) is 6.08. The highest BCUT2D eigenvalue weighted by Gasteiger charge is 2.34. The van der Waals surface area contributed by atoms with E-state index in [2.05, 4.69) is 0 Å². The van der Waals surface area contributed by atoms with Gasteiger partial charge in [-0.15, -0.1) is 0 Å². The van der Waals surface area contributed by atoms with Gasteiger partial charge < -0.3 is 9.84 Å². The van der Waals surface area contributed by atoms with E-state index in [0.29, 0.717) is 24.5 Å². The summed E-state index contributed by atoms with van der Waals surface area (Å²) in [7, 11) is -2.07. The number of β-amino-alcohol motifs (C(OH)–C–C–N with tert-alkyl or cyclic N) is 1. The summed E-state index contributed by atoms with van der Waals surface area (Å²) in [6.45, 7) is 0.798. The van der Waals surface area contributed by atoms with E-state index in [1.54, 1.807) is 24.3 Å². The number of hydrogen-bond acceptors (Lipinski definition) is 4. The second-order valence-electron chi connectivity index (χ2n) is 4.23. The van der Waals surface area contributed by atoms with Crippen LogP contribution in [0.1, 0.15) is 6.42 Å². The molecular weight excluding hydrogens is 268 g/mol. The minimum Gasteiger partial charge on any atom is -0.495 e. The van der Waals surface area contributed by atoms with Gasteiger partial charge in [-0.1, -0.05) is 12.1 Å². The molecule has 0 atom stereocenters. The highest BCUT2D eigenvalue weighted by molar-refractivity contribution is 7.90. The molecular formula is C12H18N2O4S. The van der Waals surface area contributed by atoms with Crippen molar-refractivity contribution in [1.82, 2.24) is 4.31 Å². The lowest BCUT2D eigenvalue weighted by Gasteiger charge is -2.36. The Hall–Kier alpha value is -1.31. The molecule has 19 heavy (non-hydrogen) atoms. The van der Waals surface area contributed by atoms with E-state index >= 15 is 0 Å². The fourth-order valence-corrected chi connectivity index (χ4v) is 3.89. The van der Waals surface area contributed by atoms with Crippen molar-refractivity contribution in [2.24, 2.45) is 0 Å². The number of para-hydroxylation sites is 2. The van der Waals surface area contributed by atoms with Crippen molar-refractivity contribution < 1.29 is 18.3 Å². The van der Waals surface area contributed by atoms with Gasteiger partial charge in [0.25, 0.3) is 0 Å². The Morgan fingerprint density at radius 2 is 2.05 bits per heavy atom. The molecule has 106 valence electrons. The van der Waals surface area contributed by atoms with Gasteiger partial charge in [-0.2, -0.15) is 12.7 Å². The van der Waals surface area contributed by atoms with E-state index in [-0.39, 0.29) is 13.2 Å². The lowest BCUT2D eigenvalue weighted by atomic mass is 10.3. The van der Waals surface area contributed by atoms with Gasteiger partial charge in [0.15, 0.2) is 0 Å². The van der Waals surface area contributed by atoms with Crippen LogP contribution < -0.4 is 9.04 Å². The molecule has 0 spiro atoms. The molecule has 0 bridgehead atoms. The van der Waals surface area contributed by atoms with E-state index in [1.165, 1.54) is 15.7 Å². The first-order valence-corrected chi connectivity index (χ1v) is 7.52. The average Bonchev–Trinajstić information content (AvgIpc) is 2.41. The molecule has 0 amide bonds. The Kier molecular flexibility index (Phi) is 4.28. The van der Waals surface area contributed by atoms with Gasteiger partial charge in [0.2, 0.25) is 0 Å². The monoisotopic (exact) mass is 286 g/mol. The zero-order chi connectivity index (χ0) is 13.9. The minimum atomic E-state index is -3.59. The summed E-state index contributed by atoms with van der Waals surface area (Å²) in [6.07, 6.45) is 0.720. The van der Waals surface area contributed by atoms with Crippen molar-refractivity contribution >= 4 is 15.9 Å². The average molecular weight is 286 g/mol. The van der Waals surface area contributed by atoms with Crippen LogP contribution in [0.5, 0.6) is 5.75 Å². The van der Waals surface area contributed by atoms with Gasteiger partial charge in [0, 0.05) is 19.6 Å². The first-order valence-electron chi connectivity index (χ1n) is 6.13. The normalized spacial score (nSPS) is 19.4. The molecule has 1 aliphatic heterocycles. The van der Waals surface area contributed by atoms with E-state index < -0.39 is 10.2 Å². The van der Waals surface area contributed by atoms with Gasteiger partial charge in [-0.25, -0.2) is 0 Å². The summed E-state index contributed by atoms with van der Waals surface area (Å²) in [5.74, 6) is 0.525. The maximum atomic E-state index is 12.5. The number of benzene rings is 1. The zero-order valence-electron chi connectivity index (χ0n) is 10.8. The topological polar surface area (TPSA) is 70.1 Å². The summed E-state index contributed by atoms with van der Waals surface area (Å²) in [4.78, 5) is 0. The van der Waals surface area contributed by atoms with Crippen LogP contribution in [0.15, 0.2) is 24.3 Å². The zero-order valence-corrected chi connectivity index (χ0v) is 11.6. The molecule has 1 heterocycles. The number of nitrogens with zero attached hydrogens (tertiary/aromatic N) is 2. The number of ether oxygens (including phenoxy) is 1. The summed E-state index contributed by atoms with van der Waals surface area (Å²) >= 11 is 0. The smallest absolute Gasteiger partial charge is 0.304 e. The Bertz CT molecular complexity index is 530. The van der Waals surface area contributed by atoms with Crippen LogP contribution in [0.2, 0.25) is 0 Å². The maximum Gasteiger partial charge on any atom is 0.304 e. The predicted octanol–water partition coefficient (Wildman–Crippen LogP) is 0.444. The summed E-state index contributed by atoms with van der Waals surface area (Å²) in [5.41, 5.74) is 0.535. The van der Waals surface area contributed by atoms with Gasteiger partial charge >= 0.3 is 10.2 Å². The van der Waals surface area contributed by atoms with Crippen LogP contribution in [-0.2, 0) is 10.2 Å². The van der Waals surface area contributed by atoms with Crippen molar-refractivity contribution in [3.63, 3.8) is 0 Å². The highest BCUT2D eigenvalue weighted by Crippen LogP contribution is 2.32. The molecule has 1 N–H and O–H groups in total. The molecule has 6 nitrogen and oxygen atoms in total. The molecule has 1 saturated heterocycles. The number of aliphatic hydroxyl groups excluding tert-OH is 1. The minimum absolute atomic E-state index is 0.119. The van der Waals surface area contributed by atoms with Gasteiger partial charge in [0.1, 0.15) is 5.75 Å². The molecule has 0 saturated carbocycles. The molecule has 1 aromatic rings. The lowest BCUT2D eigenvalue weighted by molar-refractivity contribution is 0.249. The molecule has 0 unspecified atom stereocenters. The number of hydrogen-bond donors (Lipinski definition) is 1. The van der Waals surface area contributed by atoms with Crippen molar-refractivity contribution in [2.45, 2.75) is 6.42 Å². The van der Waals surface area contributed by atoms with Crippen LogP contribution >= 0.6 is 0 Å². The highest BCUT2D eigenvalue weighted by atomic mass is 32.2. The molecule has 1 aliphatic rings. The van der Waals surface area contributed by atoms with E-state index in [1.807, 2.05) is 0 Å². The van der Waals surface area contributed by atoms with E-state index in [9.17, 15) is 8.42 Å². The van der Waals surface area contributed by atoms with Gasteiger partial charge in [-0.05, 0) is 18.6 Å². The molecule has 2 rings (SSSR count). The van der Waals surface area contributed by atoms with Crippen molar-refractivity contribution in [2.75, 3.05) is 37.7 Å². The molecule has 1 fully saturated rings. The summed E-state index contributed by atoms with van der Waals surface area (Å²) in [5, 5.41) is 8.96.